The fourth-order valence-corrected chi connectivity index (χ4v) is 3.51. The topological polar surface area (TPSA) is 59.8 Å². The van der Waals surface area contributed by atoms with Gasteiger partial charge in [0.25, 0.3) is 0 Å². The van der Waals surface area contributed by atoms with Crippen LogP contribution in [0.2, 0.25) is 0 Å². The highest BCUT2D eigenvalue weighted by molar-refractivity contribution is 7.85. The summed E-state index contributed by atoms with van der Waals surface area (Å²) in [6.45, 7) is 0. The Labute approximate surface area is 114 Å². The van der Waals surface area contributed by atoms with Crippen molar-refractivity contribution in [1.29, 1.82) is 0 Å². The van der Waals surface area contributed by atoms with E-state index in [-0.39, 0.29) is 0 Å². The summed E-state index contributed by atoms with van der Waals surface area (Å²) in [5, 5.41) is 11.7. The zero-order valence-electron chi connectivity index (χ0n) is 10.5. The molecular formula is C13H16N4OS. The number of hydrogen-bond donors (Lipinski definition) is 1. The van der Waals surface area contributed by atoms with Crippen LogP contribution in [0.25, 0.3) is 5.69 Å². The van der Waals surface area contributed by atoms with Crippen molar-refractivity contribution < 1.29 is 4.21 Å². The van der Waals surface area contributed by atoms with E-state index in [9.17, 15) is 4.21 Å². The highest BCUT2D eigenvalue weighted by Crippen LogP contribution is 2.17. The van der Waals surface area contributed by atoms with Crippen molar-refractivity contribution in [3.8, 4) is 5.69 Å². The molecular weight excluding hydrogens is 260 g/mol. The van der Waals surface area contributed by atoms with Gasteiger partial charge >= 0.3 is 0 Å². The molecule has 0 radical (unpaired) electrons. The van der Waals surface area contributed by atoms with Gasteiger partial charge < -0.3 is 5.32 Å². The molecule has 2 heterocycles. The van der Waals surface area contributed by atoms with Crippen molar-refractivity contribution in [2.24, 2.45) is 0 Å². The molecule has 0 unspecified atom stereocenters. The molecule has 1 aromatic carbocycles. The molecule has 100 valence electrons. The van der Waals surface area contributed by atoms with Gasteiger partial charge in [0.2, 0.25) is 0 Å². The van der Waals surface area contributed by atoms with Crippen molar-refractivity contribution in [3.05, 3.63) is 36.7 Å². The van der Waals surface area contributed by atoms with Gasteiger partial charge in [0.1, 0.15) is 0 Å². The molecule has 1 N–H and O–H groups in total. The molecule has 2 aromatic rings. The third-order valence-electron chi connectivity index (χ3n) is 3.28. The number of benzene rings is 1. The summed E-state index contributed by atoms with van der Waals surface area (Å²) in [7, 11) is -0.603. The molecule has 0 spiro atoms. The maximum absolute atomic E-state index is 11.3. The van der Waals surface area contributed by atoms with Crippen molar-refractivity contribution in [2.45, 2.75) is 18.9 Å². The molecule has 1 fully saturated rings. The average Bonchev–Trinajstić information content (AvgIpc) is 2.96. The van der Waals surface area contributed by atoms with E-state index < -0.39 is 10.8 Å². The van der Waals surface area contributed by atoms with Crippen molar-refractivity contribution in [2.75, 3.05) is 16.8 Å². The Hall–Kier alpha value is -1.69. The fourth-order valence-electron chi connectivity index (χ4n) is 2.21. The number of nitrogens with one attached hydrogen (secondary N) is 1. The van der Waals surface area contributed by atoms with Crippen molar-refractivity contribution in [1.82, 2.24) is 15.0 Å². The third kappa shape index (κ3) is 3.01. The lowest BCUT2D eigenvalue weighted by atomic mass is 10.1. The molecule has 0 amide bonds. The molecule has 19 heavy (non-hydrogen) atoms. The van der Waals surface area contributed by atoms with E-state index >= 15 is 0 Å². The molecule has 0 atom stereocenters. The smallest absolute Gasteiger partial charge is 0.0858 e. The highest BCUT2D eigenvalue weighted by Gasteiger charge is 2.17. The van der Waals surface area contributed by atoms with Gasteiger partial charge in [-0.15, -0.1) is 0 Å². The first-order valence-corrected chi connectivity index (χ1v) is 7.88. The lowest BCUT2D eigenvalue weighted by molar-refractivity contribution is 0.624. The normalized spacial score (nSPS) is 23.2. The minimum atomic E-state index is -0.603. The molecule has 1 saturated heterocycles. The van der Waals surface area contributed by atoms with Crippen LogP contribution >= 0.6 is 0 Å². The van der Waals surface area contributed by atoms with Gasteiger partial charge in [-0.3, -0.25) is 4.21 Å². The maximum atomic E-state index is 11.3. The van der Waals surface area contributed by atoms with Crippen LogP contribution in [0.5, 0.6) is 0 Å². The zero-order chi connectivity index (χ0) is 13.1. The SMILES string of the molecule is O=S1CCC(Nc2ccc(-n3nccn3)cc2)CC1. The summed E-state index contributed by atoms with van der Waals surface area (Å²) in [5.41, 5.74) is 2.04. The van der Waals surface area contributed by atoms with E-state index in [0.717, 1.165) is 35.7 Å². The van der Waals surface area contributed by atoms with Gasteiger partial charge in [-0.2, -0.15) is 15.0 Å². The van der Waals surface area contributed by atoms with Crippen LogP contribution < -0.4 is 5.32 Å². The summed E-state index contributed by atoms with van der Waals surface area (Å²) in [4.78, 5) is 1.59. The lowest BCUT2D eigenvalue weighted by Crippen LogP contribution is -2.29. The third-order valence-corrected chi connectivity index (χ3v) is 4.66. The fraction of sp³-hybridized carbons (Fsp3) is 0.385. The summed E-state index contributed by atoms with van der Waals surface area (Å²) in [6.07, 6.45) is 5.28. The second-order valence-electron chi connectivity index (χ2n) is 4.63. The monoisotopic (exact) mass is 276 g/mol. The first kappa shape index (κ1) is 12.3. The Balaban J connectivity index is 1.65. The standard InChI is InChI=1S/C13H16N4OS/c18-19-9-5-12(6-10-19)16-11-1-3-13(4-2-11)17-14-7-8-15-17/h1-4,7-8,12,16H,5-6,9-10H2. The van der Waals surface area contributed by atoms with Crippen LogP contribution in [0.3, 0.4) is 0 Å². The molecule has 6 heteroatoms. The molecule has 1 aliphatic heterocycles. The number of nitrogens with zero attached hydrogens (tertiary/aromatic N) is 3. The Kier molecular flexibility index (Phi) is 3.59. The Morgan fingerprint density at radius 3 is 2.37 bits per heavy atom. The maximum Gasteiger partial charge on any atom is 0.0858 e. The van der Waals surface area contributed by atoms with Crippen LogP contribution in [0.15, 0.2) is 36.7 Å². The molecule has 1 aliphatic rings. The van der Waals surface area contributed by atoms with Gasteiger partial charge in [-0.05, 0) is 37.1 Å². The summed E-state index contributed by atoms with van der Waals surface area (Å²) >= 11 is 0. The molecule has 0 saturated carbocycles. The van der Waals surface area contributed by atoms with E-state index in [1.165, 1.54) is 0 Å². The largest absolute Gasteiger partial charge is 0.382 e. The van der Waals surface area contributed by atoms with Gasteiger partial charge in [0.15, 0.2) is 0 Å². The first-order chi connectivity index (χ1) is 9.31. The average molecular weight is 276 g/mol. The van der Waals surface area contributed by atoms with E-state index in [2.05, 4.69) is 15.5 Å². The van der Waals surface area contributed by atoms with E-state index in [1.54, 1.807) is 17.2 Å². The van der Waals surface area contributed by atoms with Crippen molar-refractivity contribution in [3.63, 3.8) is 0 Å². The molecule has 1 aromatic heterocycles. The predicted octanol–water partition coefficient (Wildman–Crippen LogP) is 1.59. The molecule has 5 nitrogen and oxygen atoms in total. The minimum Gasteiger partial charge on any atom is -0.382 e. The lowest BCUT2D eigenvalue weighted by Gasteiger charge is -2.23. The van der Waals surface area contributed by atoms with Gasteiger partial charge in [0, 0.05) is 34.0 Å². The number of anilines is 1. The number of hydrogen-bond acceptors (Lipinski definition) is 4. The minimum absolute atomic E-state index is 0.436. The quantitative estimate of drug-likeness (QED) is 0.925. The Morgan fingerprint density at radius 2 is 1.74 bits per heavy atom. The Bertz CT molecular complexity index is 543. The van der Waals surface area contributed by atoms with Crippen LogP contribution in [0, 0.1) is 0 Å². The van der Waals surface area contributed by atoms with Crippen LogP contribution in [-0.2, 0) is 10.8 Å². The predicted molar refractivity (Wildman–Crippen MR) is 75.9 cm³/mol. The van der Waals surface area contributed by atoms with Gasteiger partial charge in [-0.1, -0.05) is 0 Å². The number of rotatable bonds is 3. The first-order valence-electron chi connectivity index (χ1n) is 6.39. The second kappa shape index (κ2) is 5.52. The van der Waals surface area contributed by atoms with Gasteiger partial charge in [0.05, 0.1) is 18.1 Å². The zero-order valence-corrected chi connectivity index (χ0v) is 11.3. The summed E-state index contributed by atoms with van der Waals surface area (Å²) in [5.74, 6) is 1.62. The van der Waals surface area contributed by atoms with Gasteiger partial charge in [-0.25, -0.2) is 0 Å². The van der Waals surface area contributed by atoms with E-state index in [0.29, 0.717) is 6.04 Å². The Morgan fingerprint density at radius 1 is 1.11 bits per heavy atom. The molecule has 3 rings (SSSR count). The summed E-state index contributed by atoms with van der Waals surface area (Å²) in [6, 6.07) is 8.48. The second-order valence-corrected chi connectivity index (χ2v) is 6.33. The van der Waals surface area contributed by atoms with E-state index in [1.807, 2.05) is 24.3 Å². The molecule has 0 aliphatic carbocycles. The van der Waals surface area contributed by atoms with Crippen LogP contribution in [-0.4, -0.2) is 36.8 Å². The molecule has 0 bridgehead atoms. The van der Waals surface area contributed by atoms with Crippen LogP contribution in [0.1, 0.15) is 12.8 Å². The van der Waals surface area contributed by atoms with E-state index in [4.69, 9.17) is 0 Å². The summed E-state index contributed by atoms with van der Waals surface area (Å²) < 4.78 is 11.3. The number of aromatic nitrogens is 3. The highest BCUT2D eigenvalue weighted by atomic mass is 32.2. The van der Waals surface area contributed by atoms with Crippen LogP contribution in [0.4, 0.5) is 5.69 Å². The van der Waals surface area contributed by atoms with Crippen molar-refractivity contribution >= 4 is 16.5 Å².